The van der Waals surface area contributed by atoms with E-state index in [1.807, 2.05) is 6.08 Å². The molecule has 1 unspecified atom stereocenters. The van der Waals surface area contributed by atoms with E-state index >= 15 is 0 Å². The first-order valence-corrected chi connectivity index (χ1v) is 10.1. The molecular weight excluding hydrogens is 371 g/mol. The Morgan fingerprint density at radius 3 is 2.54 bits per heavy atom. The van der Waals surface area contributed by atoms with Crippen LogP contribution in [0.25, 0.3) is 0 Å². The molecule has 24 heavy (non-hydrogen) atoms. The second-order valence-corrected chi connectivity index (χ2v) is 9.55. The molecule has 1 aromatic rings. The number of aromatic hydroxyl groups is 1. The quantitative estimate of drug-likeness (QED) is 0.787. The number of ketones is 1. The molecule has 2 rings (SSSR count). The predicted octanol–water partition coefficient (Wildman–Crippen LogP) is 4.26. The molecule has 1 aromatic carbocycles. The summed E-state index contributed by atoms with van der Waals surface area (Å²) < 4.78 is 24.8. The summed E-state index contributed by atoms with van der Waals surface area (Å²) in [6.45, 7) is 3.02. The van der Waals surface area contributed by atoms with Crippen molar-refractivity contribution in [3.8, 4) is 5.75 Å². The van der Waals surface area contributed by atoms with Crippen LogP contribution in [0.4, 0.5) is 0 Å². The Balaban J connectivity index is 2.26. The third-order valence-corrected chi connectivity index (χ3v) is 7.29. The van der Waals surface area contributed by atoms with Crippen LogP contribution in [0.5, 0.6) is 5.75 Å². The number of benzene rings is 1. The van der Waals surface area contributed by atoms with Gasteiger partial charge in [-0.05, 0) is 32.8 Å². The molecule has 0 heterocycles. The van der Waals surface area contributed by atoms with Crippen LogP contribution in [0.3, 0.4) is 0 Å². The van der Waals surface area contributed by atoms with Crippen molar-refractivity contribution < 1.29 is 18.3 Å². The van der Waals surface area contributed by atoms with Crippen molar-refractivity contribution in [1.29, 1.82) is 0 Å². The highest BCUT2D eigenvalue weighted by molar-refractivity contribution is 7.92. The molecule has 4 nitrogen and oxygen atoms in total. The van der Waals surface area contributed by atoms with E-state index in [1.165, 1.54) is 26.0 Å². The molecule has 1 aliphatic carbocycles. The van der Waals surface area contributed by atoms with Gasteiger partial charge in [0.15, 0.2) is 9.84 Å². The number of carbonyl (C=O) groups excluding carboxylic acids is 1. The third-order valence-electron chi connectivity index (χ3n) is 4.18. The largest absolute Gasteiger partial charge is 0.506 e. The minimum Gasteiger partial charge on any atom is -0.506 e. The maximum atomic E-state index is 12.4. The molecule has 1 aliphatic rings. The van der Waals surface area contributed by atoms with Crippen molar-refractivity contribution in [3.63, 3.8) is 0 Å². The van der Waals surface area contributed by atoms with Crippen molar-refractivity contribution >= 4 is 38.8 Å². The van der Waals surface area contributed by atoms with E-state index in [0.717, 1.165) is 12.8 Å². The van der Waals surface area contributed by atoms with Gasteiger partial charge in [-0.25, -0.2) is 8.42 Å². The standard InChI is InChI=1S/C17H20Cl2O4S/c1-10(2)24(22,23)17-15(19)7-6-12(16(17)21)9-13(20)8-11-4-3-5-14(11)18/h5-7,10-11,21H,3-4,8-9H2,1-2H3. The molecule has 0 saturated heterocycles. The summed E-state index contributed by atoms with van der Waals surface area (Å²) in [4.78, 5) is 12.0. The minimum atomic E-state index is -3.75. The summed E-state index contributed by atoms with van der Waals surface area (Å²) in [5, 5.41) is 10.3. The molecule has 0 fully saturated rings. The topological polar surface area (TPSA) is 71.4 Å². The molecule has 0 amide bonds. The number of hydrogen-bond donors (Lipinski definition) is 1. The first-order valence-electron chi connectivity index (χ1n) is 7.76. The van der Waals surface area contributed by atoms with Crippen molar-refractivity contribution in [2.45, 2.75) is 49.7 Å². The number of sulfone groups is 1. The lowest BCUT2D eigenvalue weighted by Gasteiger charge is -2.15. The van der Waals surface area contributed by atoms with Gasteiger partial charge in [-0.15, -0.1) is 0 Å². The summed E-state index contributed by atoms with van der Waals surface area (Å²) in [6, 6.07) is 2.89. The van der Waals surface area contributed by atoms with E-state index in [-0.39, 0.29) is 40.0 Å². The maximum absolute atomic E-state index is 12.4. The molecule has 0 aliphatic heterocycles. The molecule has 0 radical (unpaired) electrons. The molecule has 1 atom stereocenters. The van der Waals surface area contributed by atoms with Crippen molar-refractivity contribution in [1.82, 2.24) is 0 Å². The van der Waals surface area contributed by atoms with Crippen molar-refractivity contribution in [2.75, 3.05) is 0 Å². The predicted molar refractivity (Wildman–Crippen MR) is 95.4 cm³/mol. The van der Waals surface area contributed by atoms with Crippen molar-refractivity contribution in [3.05, 3.63) is 33.8 Å². The normalized spacial score (nSPS) is 18.0. The smallest absolute Gasteiger partial charge is 0.185 e. The van der Waals surface area contributed by atoms with Gasteiger partial charge in [0.1, 0.15) is 16.4 Å². The monoisotopic (exact) mass is 390 g/mol. The average Bonchev–Trinajstić information content (AvgIpc) is 2.87. The zero-order valence-corrected chi connectivity index (χ0v) is 15.9. The molecule has 0 saturated carbocycles. The highest BCUT2D eigenvalue weighted by Gasteiger charge is 2.28. The van der Waals surface area contributed by atoms with E-state index in [2.05, 4.69) is 0 Å². The van der Waals surface area contributed by atoms with Gasteiger partial charge in [-0.1, -0.05) is 35.3 Å². The lowest BCUT2D eigenvalue weighted by Crippen LogP contribution is -2.16. The van der Waals surface area contributed by atoms with Gasteiger partial charge in [0, 0.05) is 29.4 Å². The van der Waals surface area contributed by atoms with Crippen LogP contribution < -0.4 is 0 Å². The summed E-state index contributed by atoms with van der Waals surface area (Å²) >= 11 is 12.0. The second kappa shape index (κ2) is 7.46. The van der Waals surface area contributed by atoms with Crippen LogP contribution in [-0.4, -0.2) is 24.6 Å². The Hall–Kier alpha value is -1.04. The van der Waals surface area contributed by atoms with Crippen LogP contribution in [0.15, 0.2) is 28.1 Å². The summed E-state index contributed by atoms with van der Waals surface area (Å²) in [5.41, 5.74) is 0.265. The molecule has 1 N–H and O–H groups in total. The van der Waals surface area contributed by atoms with Crippen molar-refractivity contribution in [2.24, 2.45) is 5.92 Å². The summed E-state index contributed by atoms with van der Waals surface area (Å²) in [5.74, 6) is -0.510. The third kappa shape index (κ3) is 3.95. The van der Waals surface area contributed by atoms with E-state index in [0.29, 0.717) is 5.03 Å². The van der Waals surface area contributed by atoms with Gasteiger partial charge in [-0.2, -0.15) is 0 Å². The fourth-order valence-electron chi connectivity index (χ4n) is 2.72. The first-order chi connectivity index (χ1) is 11.1. The van der Waals surface area contributed by atoms with Crippen LogP contribution in [0.1, 0.15) is 38.7 Å². The van der Waals surface area contributed by atoms with Gasteiger partial charge in [0.25, 0.3) is 0 Å². The number of phenolic OH excluding ortho intramolecular Hbond substituents is 1. The maximum Gasteiger partial charge on any atom is 0.185 e. The van der Waals surface area contributed by atoms with Gasteiger partial charge in [-0.3, -0.25) is 4.79 Å². The lowest BCUT2D eigenvalue weighted by atomic mass is 9.97. The number of carbonyl (C=O) groups is 1. The van der Waals surface area contributed by atoms with Gasteiger partial charge >= 0.3 is 0 Å². The molecule has 132 valence electrons. The van der Waals surface area contributed by atoms with E-state index in [9.17, 15) is 18.3 Å². The molecule has 0 aromatic heterocycles. The number of halogens is 2. The zero-order valence-electron chi connectivity index (χ0n) is 13.6. The highest BCUT2D eigenvalue weighted by atomic mass is 35.5. The van der Waals surface area contributed by atoms with Gasteiger partial charge in [0.05, 0.1) is 10.3 Å². The minimum absolute atomic E-state index is 0.0208. The number of hydrogen-bond acceptors (Lipinski definition) is 4. The number of rotatable bonds is 6. The van der Waals surface area contributed by atoms with Crippen LogP contribution >= 0.6 is 23.2 Å². The Kier molecular flexibility index (Phi) is 6.00. The molecule has 7 heteroatoms. The van der Waals surface area contributed by atoms with Gasteiger partial charge < -0.3 is 5.11 Å². The second-order valence-electron chi connectivity index (χ2n) is 6.26. The highest BCUT2D eigenvalue weighted by Crippen LogP contribution is 2.37. The van der Waals surface area contributed by atoms with E-state index in [4.69, 9.17) is 23.2 Å². The summed E-state index contributed by atoms with van der Waals surface area (Å²) in [6.07, 6.45) is 3.84. The zero-order chi connectivity index (χ0) is 18.1. The molecular formula is C17H20Cl2O4S. The molecule has 0 spiro atoms. The Morgan fingerprint density at radius 2 is 2.00 bits per heavy atom. The number of phenols is 1. The van der Waals surface area contributed by atoms with Crippen LogP contribution in [0, 0.1) is 5.92 Å². The van der Waals surface area contributed by atoms with E-state index < -0.39 is 20.8 Å². The number of Topliss-reactive ketones (excluding diaryl/α,β-unsaturated/α-hetero) is 1. The molecule has 0 bridgehead atoms. The van der Waals surface area contributed by atoms with Gasteiger partial charge in [0.2, 0.25) is 0 Å². The fourth-order valence-corrected chi connectivity index (χ4v) is 4.70. The lowest BCUT2D eigenvalue weighted by molar-refractivity contribution is -0.119. The summed E-state index contributed by atoms with van der Waals surface area (Å²) in [7, 11) is -3.75. The average molecular weight is 391 g/mol. The Morgan fingerprint density at radius 1 is 1.33 bits per heavy atom. The fraction of sp³-hybridized carbons (Fsp3) is 0.471. The van der Waals surface area contributed by atoms with Crippen LogP contribution in [-0.2, 0) is 21.1 Å². The van der Waals surface area contributed by atoms with Crippen LogP contribution in [0.2, 0.25) is 5.02 Å². The van der Waals surface area contributed by atoms with E-state index in [1.54, 1.807) is 0 Å². The number of allylic oxidation sites excluding steroid dienone is 2. The first kappa shape index (κ1) is 19.3. The Bertz CT molecular complexity index is 782. The SMILES string of the molecule is CC(C)S(=O)(=O)c1c(Cl)ccc(CC(=O)CC2CCC=C2Cl)c1O. The Labute approximate surface area is 152 Å².